The lowest BCUT2D eigenvalue weighted by Crippen LogP contribution is -2.55. The second kappa shape index (κ2) is 11.9. The molecule has 1 aromatic carbocycles. The first-order valence-corrected chi connectivity index (χ1v) is 9.64. The van der Waals surface area contributed by atoms with E-state index in [0.29, 0.717) is 30.2 Å². The Bertz CT molecular complexity index is 670. The number of carbonyl (C=O) groups is 3. The molecule has 1 aromatic rings. The number of halogens is 2. The summed E-state index contributed by atoms with van der Waals surface area (Å²) in [5, 5.41) is 6.12. The van der Waals surface area contributed by atoms with Gasteiger partial charge in [-0.2, -0.15) is 0 Å². The fourth-order valence-electron chi connectivity index (χ4n) is 3.15. The second-order valence-electron chi connectivity index (χ2n) is 6.73. The third-order valence-corrected chi connectivity index (χ3v) is 4.89. The molecule has 2 atom stereocenters. The van der Waals surface area contributed by atoms with E-state index < -0.39 is 6.04 Å². The average Bonchev–Trinajstić information content (AvgIpc) is 2.66. The predicted octanol–water partition coefficient (Wildman–Crippen LogP) is 1.73. The zero-order chi connectivity index (χ0) is 19.8. The van der Waals surface area contributed by atoms with Crippen molar-refractivity contribution in [3.63, 3.8) is 0 Å². The Balaban J connectivity index is 0.00000392. The maximum absolute atomic E-state index is 12.9. The standard InChI is InChI=1S/C19H27ClN4O3.ClH/c1-13(23-18(26)14-5-7-15(20)8-6-14)19(27)24-11-3-2-4-16(24)12-22-17(25)9-10-21;/h5-8,13,16H,2-4,9-12,21H2,1H3,(H,22,25)(H,23,26);1H. The summed E-state index contributed by atoms with van der Waals surface area (Å²) in [6.07, 6.45) is 3.02. The highest BCUT2D eigenvalue weighted by Gasteiger charge is 2.30. The summed E-state index contributed by atoms with van der Waals surface area (Å²) in [6.45, 7) is 3.00. The Hall–Kier alpha value is -1.83. The van der Waals surface area contributed by atoms with E-state index in [2.05, 4.69) is 10.6 Å². The quantitative estimate of drug-likeness (QED) is 0.612. The van der Waals surface area contributed by atoms with Crippen molar-refractivity contribution in [1.82, 2.24) is 15.5 Å². The average molecular weight is 431 g/mol. The lowest BCUT2D eigenvalue weighted by atomic mass is 10.0. The number of piperidine rings is 1. The number of nitrogens with zero attached hydrogens (tertiary/aromatic N) is 1. The van der Waals surface area contributed by atoms with E-state index in [4.69, 9.17) is 17.3 Å². The topological polar surface area (TPSA) is 105 Å². The molecule has 1 aliphatic heterocycles. The second-order valence-corrected chi connectivity index (χ2v) is 7.16. The minimum absolute atomic E-state index is 0. The monoisotopic (exact) mass is 430 g/mol. The van der Waals surface area contributed by atoms with Crippen LogP contribution in [0.3, 0.4) is 0 Å². The Labute approximate surface area is 176 Å². The Morgan fingerprint density at radius 3 is 2.57 bits per heavy atom. The molecule has 1 heterocycles. The molecule has 1 saturated heterocycles. The lowest BCUT2D eigenvalue weighted by molar-refractivity contribution is -0.137. The van der Waals surface area contributed by atoms with Crippen molar-refractivity contribution < 1.29 is 14.4 Å². The van der Waals surface area contributed by atoms with Gasteiger partial charge in [-0.25, -0.2) is 0 Å². The molecule has 2 rings (SSSR count). The number of hydrogen-bond acceptors (Lipinski definition) is 4. The largest absolute Gasteiger partial charge is 0.354 e. The summed E-state index contributed by atoms with van der Waals surface area (Å²) in [5.74, 6) is -0.577. The Kier molecular flexibility index (Phi) is 10.3. The van der Waals surface area contributed by atoms with Crippen LogP contribution in [0.25, 0.3) is 0 Å². The molecular weight excluding hydrogens is 403 g/mol. The van der Waals surface area contributed by atoms with Crippen LogP contribution < -0.4 is 16.4 Å². The number of nitrogens with two attached hydrogens (primary N) is 1. The molecule has 0 aliphatic carbocycles. The highest BCUT2D eigenvalue weighted by atomic mass is 35.5. The molecule has 0 radical (unpaired) electrons. The number of carbonyl (C=O) groups excluding carboxylic acids is 3. The SMILES string of the molecule is CC(NC(=O)c1ccc(Cl)cc1)C(=O)N1CCCCC1CNC(=O)CCN.Cl. The summed E-state index contributed by atoms with van der Waals surface area (Å²) in [5.41, 5.74) is 5.83. The van der Waals surface area contributed by atoms with Crippen LogP contribution in [0.2, 0.25) is 5.02 Å². The fraction of sp³-hybridized carbons (Fsp3) is 0.526. The maximum Gasteiger partial charge on any atom is 0.251 e. The molecule has 28 heavy (non-hydrogen) atoms. The minimum Gasteiger partial charge on any atom is -0.354 e. The van der Waals surface area contributed by atoms with E-state index in [-0.39, 0.29) is 42.6 Å². The van der Waals surface area contributed by atoms with E-state index in [1.807, 2.05) is 0 Å². The van der Waals surface area contributed by atoms with Crippen LogP contribution in [-0.2, 0) is 9.59 Å². The molecule has 4 N–H and O–H groups in total. The van der Waals surface area contributed by atoms with Crippen molar-refractivity contribution >= 4 is 41.7 Å². The van der Waals surface area contributed by atoms with Gasteiger partial charge in [-0.05, 0) is 50.5 Å². The predicted molar refractivity (Wildman–Crippen MR) is 112 cm³/mol. The van der Waals surface area contributed by atoms with Gasteiger partial charge in [0.05, 0.1) is 0 Å². The van der Waals surface area contributed by atoms with Gasteiger partial charge in [0, 0.05) is 42.7 Å². The highest BCUT2D eigenvalue weighted by Crippen LogP contribution is 2.18. The Morgan fingerprint density at radius 1 is 1.25 bits per heavy atom. The van der Waals surface area contributed by atoms with Gasteiger partial charge in [0.2, 0.25) is 11.8 Å². The molecule has 156 valence electrons. The summed E-state index contributed by atoms with van der Waals surface area (Å²) in [4.78, 5) is 38.6. The van der Waals surface area contributed by atoms with Gasteiger partial charge in [-0.1, -0.05) is 11.6 Å². The third kappa shape index (κ3) is 6.96. The number of amides is 3. The molecular formula is C19H28Cl2N4O3. The zero-order valence-electron chi connectivity index (χ0n) is 15.9. The molecule has 2 unspecified atom stereocenters. The smallest absolute Gasteiger partial charge is 0.251 e. The summed E-state index contributed by atoms with van der Waals surface area (Å²) < 4.78 is 0. The van der Waals surface area contributed by atoms with Crippen LogP contribution in [0.5, 0.6) is 0 Å². The van der Waals surface area contributed by atoms with Gasteiger partial charge in [0.1, 0.15) is 6.04 Å². The molecule has 0 aromatic heterocycles. The fourth-order valence-corrected chi connectivity index (χ4v) is 3.27. The Morgan fingerprint density at radius 2 is 1.93 bits per heavy atom. The van der Waals surface area contributed by atoms with Gasteiger partial charge in [0.25, 0.3) is 5.91 Å². The molecule has 9 heteroatoms. The number of likely N-dealkylation sites (tertiary alicyclic amines) is 1. The van der Waals surface area contributed by atoms with Crippen molar-refractivity contribution in [2.24, 2.45) is 5.73 Å². The molecule has 7 nitrogen and oxygen atoms in total. The van der Waals surface area contributed by atoms with Gasteiger partial charge in [-0.15, -0.1) is 12.4 Å². The maximum atomic E-state index is 12.9. The van der Waals surface area contributed by atoms with Crippen LogP contribution in [0.1, 0.15) is 43.0 Å². The number of benzene rings is 1. The van der Waals surface area contributed by atoms with Crippen LogP contribution in [0, 0.1) is 0 Å². The molecule has 3 amide bonds. The molecule has 1 aliphatic rings. The highest BCUT2D eigenvalue weighted by molar-refractivity contribution is 6.30. The zero-order valence-corrected chi connectivity index (χ0v) is 17.5. The number of nitrogens with one attached hydrogen (secondary N) is 2. The van der Waals surface area contributed by atoms with E-state index in [1.54, 1.807) is 36.1 Å². The molecule has 1 fully saturated rings. The third-order valence-electron chi connectivity index (χ3n) is 4.64. The van der Waals surface area contributed by atoms with Crippen LogP contribution in [-0.4, -0.2) is 54.3 Å². The van der Waals surface area contributed by atoms with E-state index in [0.717, 1.165) is 19.3 Å². The van der Waals surface area contributed by atoms with Gasteiger partial charge >= 0.3 is 0 Å². The minimum atomic E-state index is -0.659. The van der Waals surface area contributed by atoms with Crippen LogP contribution >= 0.6 is 24.0 Å². The number of hydrogen-bond donors (Lipinski definition) is 3. The van der Waals surface area contributed by atoms with Crippen molar-refractivity contribution in [3.8, 4) is 0 Å². The van der Waals surface area contributed by atoms with Gasteiger partial charge in [0.15, 0.2) is 0 Å². The molecule has 0 bridgehead atoms. The van der Waals surface area contributed by atoms with Crippen LogP contribution in [0.15, 0.2) is 24.3 Å². The van der Waals surface area contributed by atoms with Gasteiger partial charge in [-0.3, -0.25) is 14.4 Å². The normalized spacial score (nSPS) is 17.2. The molecule has 0 spiro atoms. The van der Waals surface area contributed by atoms with E-state index >= 15 is 0 Å². The van der Waals surface area contributed by atoms with Crippen molar-refractivity contribution in [1.29, 1.82) is 0 Å². The van der Waals surface area contributed by atoms with E-state index in [9.17, 15) is 14.4 Å². The summed E-state index contributed by atoms with van der Waals surface area (Å²) in [7, 11) is 0. The van der Waals surface area contributed by atoms with Crippen LogP contribution in [0.4, 0.5) is 0 Å². The van der Waals surface area contributed by atoms with Crippen molar-refractivity contribution in [2.45, 2.75) is 44.7 Å². The van der Waals surface area contributed by atoms with Crippen molar-refractivity contribution in [2.75, 3.05) is 19.6 Å². The van der Waals surface area contributed by atoms with E-state index in [1.165, 1.54) is 0 Å². The first-order valence-electron chi connectivity index (χ1n) is 9.26. The first kappa shape index (κ1) is 24.2. The molecule has 0 saturated carbocycles. The van der Waals surface area contributed by atoms with Gasteiger partial charge < -0.3 is 21.3 Å². The first-order chi connectivity index (χ1) is 12.9. The summed E-state index contributed by atoms with van der Waals surface area (Å²) >= 11 is 5.83. The summed E-state index contributed by atoms with van der Waals surface area (Å²) in [6, 6.07) is 5.77. The lowest BCUT2D eigenvalue weighted by Gasteiger charge is -2.37. The number of rotatable bonds is 7. The van der Waals surface area contributed by atoms with Crippen molar-refractivity contribution in [3.05, 3.63) is 34.9 Å².